The number of benzene rings is 1. The lowest BCUT2D eigenvalue weighted by Gasteiger charge is -2.31. The Morgan fingerprint density at radius 3 is 2.55 bits per heavy atom. The van der Waals surface area contributed by atoms with Gasteiger partial charge in [0.15, 0.2) is 0 Å². The van der Waals surface area contributed by atoms with Crippen molar-refractivity contribution in [3.05, 3.63) is 69.9 Å². The van der Waals surface area contributed by atoms with Gasteiger partial charge in [0.1, 0.15) is 18.2 Å². The maximum absolute atomic E-state index is 13.5. The van der Waals surface area contributed by atoms with Crippen LogP contribution in [0.3, 0.4) is 0 Å². The Bertz CT molecular complexity index is 1260. The van der Waals surface area contributed by atoms with Crippen molar-refractivity contribution in [3.63, 3.8) is 0 Å². The number of amides is 2. The van der Waals surface area contributed by atoms with Gasteiger partial charge in [-0.3, -0.25) is 4.68 Å². The second-order valence-electron chi connectivity index (χ2n) is 10.6. The average Bonchev–Trinajstić information content (AvgIpc) is 3.51. The molecule has 2 aromatic rings. The van der Waals surface area contributed by atoms with Gasteiger partial charge in [0.2, 0.25) is 0 Å². The van der Waals surface area contributed by atoms with E-state index in [2.05, 4.69) is 35.4 Å². The number of hydrogen-bond acceptors (Lipinski definition) is 7. The molecule has 0 saturated heterocycles. The fourth-order valence-corrected chi connectivity index (χ4v) is 5.19. The molecule has 0 bridgehead atoms. The van der Waals surface area contributed by atoms with E-state index in [0.717, 1.165) is 6.54 Å². The van der Waals surface area contributed by atoms with Crippen LogP contribution in [0.15, 0.2) is 59.3 Å². The first kappa shape index (κ1) is 31.3. The Kier molecular flexibility index (Phi) is 10.9. The number of aromatic nitrogens is 2. The molecule has 0 saturated carbocycles. The molecule has 3 rings (SSSR count). The Balaban J connectivity index is 1.86. The van der Waals surface area contributed by atoms with Crippen molar-refractivity contribution in [3.8, 4) is 5.75 Å². The summed E-state index contributed by atoms with van der Waals surface area (Å²) in [4.78, 5) is 23.6. The molecule has 0 unspecified atom stereocenters. The predicted molar refractivity (Wildman–Crippen MR) is 162 cm³/mol. The van der Waals surface area contributed by atoms with Crippen LogP contribution in [-0.4, -0.2) is 90.2 Å². The smallest absolute Gasteiger partial charge is 0.320 e. The Morgan fingerprint density at radius 1 is 1.23 bits per heavy atom. The molecule has 218 valence electrons. The summed E-state index contributed by atoms with van der Waals surface area (Å²) in [6.07, 6.45) is 3.54. The zero-order chi connectivity index (χ0) is 29.6. The van der Waals surface area contributed by atoms with Crippen molar-refractivity contribution in [1.82, 2.24) is 24.5 Å². The first-order valence-electron chi connectivity index (χ1n) is 13.1. The number of halogens is 2. The first-order valence-corrected chi connectivity index (χ1v) is 13.9. The van der Waals surface area contributed by atoms with E-state index in [1.54, 1.807) is 32.8 Å². The summed E-state index contributed by atoms with van der Waals surface area (Å²) in [5, 5.41) is 4.91. The lowest BCUT2D eigenvalue weighted by molar-refractivity contribution is 0.152. The third-order valence-corrected chi connectivity index (χ3v) is 7.20. The molecule has 40 heavy (non-hydrogen) atoms. The fraction of sp³-hybridized carbons (Fsp3) is 0.464. The van der Waals surface area contributed by atoms with Gasteiger partial charge >= 0.3 is 6.03 Å². The van der Waals surface area contributed by atoms with E-state index in [9.17, 15) is 4.79 Å². The van der Waals surface area contributed by atoms with Crippen LogP contribution in [0.5, 0.6) is 5.75 Å². The minimum absolute atomic E-state index is 0.0640. The highest BCUT2D eigenvalue weighted by Gasteiger charge is 2.32. The topological polar surface area (TPSA) is 118 Å². The molecule has 0 fully saturated rings. The van der Waals surface area contributed by atoms with Crippen LogP contribution in [0, 0.1) is 11.8 Å². The molecule has 1 atom stereocenters. The van der Waals surface area contributed by atoms with Crippen LogP contribution in [-0.2, 0) is 6.54 Å². The lowest BCUT2D eigenvalue weighted by atomic mass is 9.95. The third-order valence-electron chi connectivity index (χ3n) is 6.68. The van der Waals surface area contributed by atoms with Gasteiger partial charge in [0, 0.05) is 48.8 Å². The zero-order valence-electron chi connectivity index (χ0n) is 23.9. The summed E-state index contributed by atoms with van der Waals surface area (Å²) in [5.41, 5.74) is 14.5. The standard InChI is InChI=1S/C28H40Cl2N8O2/c1-18(2)20(14-35(4)5)15-36(6)28(39)37-16-22(24(32)17-37)27(34-19(3)31)26-23(30)12-21(29)13-25(26)40-11-10-38-9-7-8-33-38/h7-9,12-13,18,20H,3,10-11,14-17,31-32H2,1-2,4-6H3/b34-27+/t20-/m1/s1. The molecule has 0 aliphatic carbocycles. The highest BCUT2D eigenvalue weighted by Crippen LogP contribution is 2.35. The highest BCUT2D eigenvalue weighted by molar-refractivity contribution is 6.38. The van der Waals surface area contributed by atoms with E-state index < -0.39 is 0 Å². The quantitative estimate of drug-likeness (QED) is 0.362. The van der Waals surface area contributed by atoms with E-state index in [4.69, 9.17) is 39.4 Å². The molecule has 2 heterocycles. The number of aliphatic imine (C=N–C) groups is 1. The van der Waals surface area contributed by atoms with Crippen LogP contribution in [0.2, 0.25) is 10.0 Å². The molecular formula is C28H40Cl2N8O2. The second-order valence-corrected chi connectivity index (χ2v) is 11.5. The van der Waals surface area contributed by atoms with Crippen molar-refractivity contribution in [1.29, 1.82) is 0 Å². The van der Waals surface area contributed by atoms with Crippen LogP contribution < -0.4 is 16.2 Å². The number of carbonyl (C=O) groups is 1. The Hall–Kier alpha value is -3.21. The number of carbonyl (C=O) groups excluding carboxylic acids is 1. The van der Waals surface area contributed by atoms with E-state index in [1.807, 2.05) is 33.4 Å². The van der Waals surface area contributed by atoms with Crippen LogP contribution in [0.25, 0.3) is 0 Å². The number of urea groups is 1. The van der Waals surface area contributed by atoms with E-state index >= 15 is 0 Å². The van der Waals surface area contributed by atoms with Crippen molar-refractivity contribution < 1.29 is 9.53 Å². The molecular weight excluding hydrogens is 551 g/mol. The molecule has 1 aliphatic rings. The molecule has 10 nitrogen and oxygen atoms in total. The summed E-state index contributed by atoms with van der Waals surface area (Å²) in [5.74, 6) is 1.22. The van der Waals surface area contributed by atoms with E-state index in [-0.39, 0.29) is 24.9 Å². The second kappa shape index (κ2) is 13.9. The summed E-state index contributed by atoms with van der Waals surface area (Å²) in [7, 11) is 5.90. The van der Waals surface area contributed by atoms with Gasteiger partial charge in [-0.05, 0) is 44.1 Å². The van der Waals surface area contributed by atoms with Gasteiger partial charge in [0.05, 0.1) is 35.9 Å². The summed E-state index contributed by atoms with van der Waals surface area (Å²) in [6, 6.07) is 4.99. The third kappa shape index (κ3) is 8.16. The van der Waals surface area contributed by atoms with Crippen molar-refractivity contribution in [2.45, 2.75) is 20.4 Å². The number of hydrogen-bond donors (Lipinski definition) is 2. The molecule has 4 N–H and O–H groups in total. The summed E-state index contributed by atoms with van der Waals surface area (Å²) >= 11 is 13.0. The number of nitrogens with zero attached hydrogens (tertiary/aromatic N) is 6. The van der Waals surface area contributed by atoms with Crippen LogP contribution in [0.4, 0.5) is 4.79 Å². The lowest BCUT2D eigenvalue weighted by Crippen LogP contribution is -2.45. The molecule has 1 aromatic heterocycles. The van der Waals surface area contributed by atoms with Crippen molar-refractivity contribution >= 4 is 34.9 Å². The molecule has 12 heteroatoms. The number of rotatable bonds is 12. The van der Waals surface area contributed by atoms with E-state index in [0.29, 0.717) is 69.9 Å². The van der Waals surface area contributed by atoms with Gasteiger partial charge in [-0.1, -0.05) is 43.6 Å². The minimum atomic E-state index is -0.119. The maximum atomic E-state index is 13.5. The molecule has 0 radical (unpaired) electrons. The van der Waals surface area contributed by atoms with Gasteiger partial charge in [-0.2, -0.15) is 5.10 Å². The van der Waals surface area contributed by atoms with Gasteiger partial charge in [0.25, 0.3) is 0 Å². The average molecular weight is 592 g/mol. The minimum Gasteiger partial charge on any atom is -0.491 e. The number of nitrogens with two attached hydrogens (primary N) is 2. The largest absolute Gasteiger partial charge is 0.491 e. The maximum Gasteiger partial charge on any atom is 0.320 e. The number of ether oxygens (including phenoxy) is 1. The zero-order valence-corrected chi connectivity index (χ0v) is 25.4. The van der Waals surface area contributed by atoms with E-state index in [1.165, 1.54) is 0 Å². The van der Waals surface area contributed by atoms with Crippen LogP contribution >= 0.6 is 23.2 Å². The Labute approximate surface area is 246 Å². The molecule has 0 spiro atoms. The van der Waals surface area contributed by atoms with Crippen molar-refractivity contribution in [2.75, 3.05) is 53.9 Å². The molecule has 1 aliphatic heterocycles. The summed E-state index contributed by atoms with van der Waals surface area (Å²) in [6.45, 7) is 10.9. The molecule has 2 amide bonds. The van der Waals surface area contributed by atoms with Gasteiger partial charge in [-0.25, -0.2) is 9.79 Å². The molecule has 1 aromatic carbocycles. The predicted octanol–water partition coefficient (Wildman–Crippen LogP) is 3.90. The van der Waals surface area contributed by atoms with Gasteiger partial charge < -0.3 is 30.9 Å². The first-order chi connectivity index (χ1) is 18.9. The van der Waals surface area contributed by atoms with Crippen LogP contribution in [0.1, 0.15) is 19.4 Å². The summed E-state index contributed by atoms with van der Waals surface area (Å²) < 4.78 is 7.85. The monoisotopic (exact) mass is 590 g/mol. The van der Waals surface area contributed by atoms with Crippen molar-refractivity contribution in [2.24, 2.45) is 28.3 Å². The van der Waals surface area contributed by atoms with Gasteiger partial charge in [-0.15, -0.1) is 0 Å². The SMILES string of the molecule is C=C(N)/N=C(\C1=C(N)CN(C(=O)N(C)C[C@@H](CN(C)C)C(C)C)C1)c1c(Cl)cc(Cl)cc1OCCn1cccn1. The normalized spacial score (nSPS) is 14.8. The highest BCUT2D eigenvalue weighted by atomic mass is 35.5. The fourth-order valence-electron chi connectivity index (χ4n) is 4.62. The Morgan fingerprint density at radius 2 is 1.95 bits per heavy atom.